The first-order chi connectivity index (χ1) is 8.92. The quantitative estimate of drug-likeness (QED) is 0.904. The van der Waals surface area contributed by atoms with Crippen LogP contribution in [0.2, 0.25) is 0 Å². The van der Waals surface area contributed by atoms with Crippen LogP contribution in [-0.4, -0.2) is 53.2 Å². The molecule has 0 radical (unpaired) electrons. The standard InChI is InChI=1S/C16H26N2O/c1-13(15(19)14-8-6-5-7-9-14)18-11-10-17(4)16(2,3)12-18/h5-9,13,15,19H,10-12H2,1-4H3. The van der Waals surface area contributed by atoms with Gasteiger partial charge in [0.05, 0.1) is 6.10 Å². The molecule has 2 rings (SSSR count). The zero-order chi connectivity index (χ0) is 14.0. The van der Waals surface area contributed by atoms with Crippen LogP contribution in [0.25, 0.3) is 0 Å². The number of nitrogens with zero attached hydrogens (tertiary/aromatic N) is 2. The van der Waals surface area contributed by atoms with Crippen LogP contribution in [0.15, 0.2) is 30.3 Å². The normalized spacial score (nSPS) is 24.1. The van der Waals surface area contributed by atoms with Gasteiger partial charge in [0.15, 0.2) is 0 Å². The Morgan fingerprint density at radius 1 is 1.16 bits per heavy atom. The molecule has 3 nitrogen and oxygen atoms in total. The lowest BCUT2D eigenvalue weighted by atomic mass is 9.95. The Bertz CT molecular complexity index is 404. The van der Waals surface area contributed by atoms with Crippen LogP contribution in [0.4, 0.5) is 0 Å². The van der Waals surface area contributed by atoms with Gasteiger partial charge >= 0.3 is 0 Å². The van der Waals surface area contributed by atoms with E-state index in [1.807, 2.05) is 30.3 Å². The highest BCUT2D eigenvalue weighted by atomic mass is 16.3. The van der Waals surface area contributed by atoms with Gasteiger partial charge in [0.25, 0.3) is 0 Å². The van der Waals surface area contributed by atoms with E-state index < -0.39 is 6.10 Å². The Morgan fingerprint density at radius 3 is 2.37 bits per heavy atom. The van der Waals surface area contributed by atoms with E-state index in [9.17, 15) is 5.11 Å². The smallest absolute Gasteiger partial charge is 0.0942 e. The fraction of sp³-hybridized carbons (Fsp3) is 0.625. The van der Waals surface area contributed by atoms with Crippen molar-refractivity contribution in [1.82, 2.24) is 9.80 Å². The van der Waals surface area contributed by atoms with Gasteiger partial charge in [-0.25, -0.2) is 0 Å². The summed E-state index contributed by atoms with van der Waals surface area (Å²) in [6.07, 6.45) is -0.416. The summed E-state index contributed by atoms with van der Waals surface area (Å²) >= 11 is 0. The fourth-order valence-electron chi connectivity index (χ4n) is 2.75. The van der Waals surface area contributed by atoms with Crippen molar-refractivity contribution >= 4 is 0 Å². The molecule has 1 aromatic rings. The first-order valence-corrected chi connectivity index (χ1v) is 7.10. The van der Waals surface area contributed by atoms with E-state index in [1.54, 1.807) is 0 Å². The van der Waals surface area contributed by atoms with E-state index in [2.05, 4.69) is 37.6 Å². The summed E-state index contributed by atoms with van der Waals surface area (Å²) in [7, 11) is 2.18. The van der Waals surface area contributed by atoms with Crippen molar-refractivity contribution in [3.8, 4) is 0 Å². The van der Waals surface area contributed by atoms with Gasteiger partial charge in [-0.05, 0) is 33.4 Å². The molecule has 1 fully saturated rings. The number of rotatable bonds is 3. The maximum Gasteiger partial charge on any atom is 0.0942 e. The van der Waals surface area contributed by atoms with E-state index in [4.69, 9.17) is 0 Å². The first kappa shape index (κ1) is 14.5. The molecule has 0 saturated carbocycles. The Morgan fingerprint density at radius 2 is 1.79 bits per heavy atom. The van der Waals surface area contributed by atoms with E-state index in [1.165, 1.54) is 0 Å². The first-order valence-electron chi connectivity index (χ1n) is 7.10. The van der Waals surface area contributed by atoms with Crippen LogP contribution in [0.1, 0.15) is 32.4 Å². The second kappa shape index (κ2) is 5.61. The molecule has 0 aliphatic carbocycles. The van der Waals surface area contributed by atoms with Gasteiger partial charge < -0.3 is 5.11 Å². The minimum absolute atomic E-state index is 0.148. The van der Waals surface area contributed by atoms with Crippen LogP contribution >= 0.6 is 0 Å². The molecule has 106 valence electrons. The fourth-order valence-corrected chi connectivity index (χ4v) is 2.75. The molecule has 0 spiro atoms. The highest BCUT2D eigenvalue weighted by Gasteiger charge is 2.34. The van der Waals surface area contributed by atoms with Gasteiger partial charge in [0.1, 0.15) is 0 Å². The zero-order valence-electron chi connectivity index (χ0n) is 12.5. The third-order valence-electron chi connectivity index (χ3n) is 4.52. The molecule has 1 aliphatic heterocycles. The van der Waals surface area contributed by atoms with Gasteiger partial charge in [0, 0.05) is 31.2 Å². The molecule has 1 aliphatic rings. The maximum atomic E-state index is 10.5. The molecule has 2 atom stereocenters. The van der Waals surface area contributed by atoms with Crippen LogP contribution in [0, 0.1) is 0 Å². The minimum atomic E-state index is -0.416. The second-order valence-corrected chi connectivity index (χ2v) is 6.30. The summed E-state index contributed by atoms with van der Waals surface area (Å²) in [5.74, 6) is 0. The lowest BCUT2D eigenvalue weighted by molar-refractivity contribution is -0.0184. The van der Waals surface area contributed by atoms with E-state index in [-0.39, 0.29) is 11.6 Å². The average molecular weight is 262 g/mol. The number of aliphatic hydroxyl groups is 1. The molecule has 1 N–H and O–H groups in total. The Labute approximate surface area is 116 Å². The molecular weight excluding hydrogens is 236 g/mol. The number of likely N-dealkylation sites (N-methyl/N-ethyl adjacent to an activating group) is 1. The van der Waals surface area contributed by atoms with Crippen molar-refractivity contribution in [2.24, 2.45) is 0 Å². The zero-order valence-corrected chi connectivity index (χ0v) is 12.5. The van der Waals surface area contributed by atoms with E-state index in [0.717, 1.165) is 25.2 Å². The molecule has 0 aromatic heterocycles. The molecule has 1 aromatic carbocycles. The molecular formula is C16H26N2O. The lowest BCUT2D eigenvalue weighted by Gasteiger charge is -2.48. The van der Waals surface area contributed by atoms with Crippen molar-refractivity contribution in [2.45, 2.75) is 38.5 Å². The maximum absolute atomic E-state index is 10.5. The molecule has 19 heavy (non-hydrogen) atoms. The predicted molar refractivity (Wildman–Crippen MR) is 79.1 cm³/mol. The number of benzene rings is 1. The number of piperazine rings is 1. The Balaban J connectivity index is 2.06. The molecule has 1 heterocycles. The Hall–Kier alpha value is -0.900. The molecule has 0 amide bonds. The predicted octanol–water partition coefficient (Wildman–Crippen LogP) is 2.13. The summed E-state index contributed by atoms with van der Waals surface area (Å²) in [6, 6.07) is 10.1. The number of aliphatic hydroxyl groups excluding tert-OH is 1. The van der Waals surface area contributed by atoms with Crippen LogP contribution in [0.3, 0.4) is 0 Å². The van der Waals surface area contributed by atoms with Gasteiger partial charge in [-0.2, -0.15) is 0 Å². The van der Waals surface area contributed by atoms with Crippen molar-refractivity contribution < 1.29 is 5.11 Å². The van der Waals surface area contributed by atoms with Gasteiger partial charge in [-0.15, -0.1) is 0 Å². The van der Waals surface area contributed by atoms with Crippen molar-refractivity contribution in [2.75, 3.05) is 26.7 Å². The SMILES string of the molecule is CC(C(O)c1ccccc1)N1CCN(C)C(C)(C)C1. The minimum Gasteiger partial charge on any atom is -0.387 e. The lowest BCUT2D eigenvalue weighted by Crippen LogP contribution is -2.60. The third-order valence-corrected chi connectivity index (χ3v) is 4.52. The highest BCUT2D eigenvalue weighted by Crippen LogP contribution is 2.26. The van der Waals surface area contributed by atoms with E-state index >= 15 is 0 Å². The third kappa shape index (κ3) is 3.16. The van der Waals surface area contributed by atoms with Crippen molar-refractivity contribution in [1.29, 1.82) is 0 Å². The monoisotopic (exact) mass is 262 g/mol. The number of hydrogen-bond acceptors (Lipinski definition) is 3. The van der Waals surface area contributed by atoms with Crippen LogP contribution in [-0.2, 0) is 0 Å². The summed E-state index contributed by atoms with van der Waals surface area (Å²) in [4.78, 5) is 4.79. The molecule has 1 saturated heterocycles. The van der Waals surface area contributed by atoms with Crippen molar-refractivity contribution in [3.63, 3.8) is 0 Å². The van der Waals surface area contributed by atoms with Crippen LogP contribution in [0.5, 0.6) is 0 Å². The van der Waals surface area contributed by atoms with Crippen molar-refractivity contribution in [3.05, 3.63) is 35.9 Å². The molecule has 3 heteroatoms. The summed E-state index contributed by atoms with van der Waals surface area (Å²) in [5, 5.41) is 10.5. The average Bonchev–Trinajstić information content (AvgIpc) is 2.41. The molecule has 2 unspecified atom stereocenters. The molecule has 0 bridgehead atoms. The second-order valence-electron chi connectivity index (χ2n) is 6.30. The van der Waals surface area contributed by atoms with Gasteiger partial charge in [0.2, 0.25) is 0 Å². The number of hydrogen-bond donors (Lipinski definition) is 1. The largest absolute Gasteiger partial charge is 0.387 e. The van der Waals surface area contributed by atoms with E-state index in [0.29, 0.717) is 0 Å². The van der Waals surface area contributed by atoms with Gasteiger partial charge in [-0.3, -0.25) is 9.80 Å². The topological polar surface area (TPSA) is 26.7 Å². The Kier molecular flexibility index (Phi) is 4.29. The highest BCUT2D eigenvalue weighted by molar-refractivity contribution is 5.18. The van der Waals surface area contributed by atoms with Gasteiger partial charge in [-0.1, -0.05) is 30.3 Å². The summed E-state index contributed by atoms with van der Waals surface area (Å²) < 4.78 is 0. The summed E-state index contributed by atoms with van der Waals surface area (Å²) in [5.41, 5.74) is 1.18. The summed E-state index contributed by atoms with van der Waals surface area (Å²) in [6.45, 7) is 9.72. The van der Waals surface area contributed by atoms with Crippen LogP contribution < -0.4 is 0 Å².